The van der Waals surface area contributed by atoms with E-state index in [1.807, 2.05) is 6.08 Å². The second kappa shape index (κ2) is 13.5. The lowest BCUT2D eigenvalue weighted by atomic mass is 9.94. The monoisotopic (exact) mass is 590 g/mol. The molecule has 0 aliphatic carbocycles. The van der Waals surface area contributed by atoms with Gasteiger partial charge in [0.05, 0.1) is 40.4 Å². The topological polar surface area (TPSA) is 66.7 Å². The average molecular weight is 591 g/mol. The number of hydrogen-bond donors (Lipinski definition) is 2. The van der Waals surface area contributed by atoms with Crippen LogP contribution in [0.4, 0.5) is 0 Å². The molecule has 0 saturated heterocycles. The van der Waals surface area contributed by atoms with E-state index < -0.39 is 0 Å². The Balaban J connectivity index is 2.19. The standard InChI is InChI=1S/C39H50N4O/c1-9-24-31(18-17-23-44)37-28(13-5)34-21-19-32(40-34)27(12-4)33-20-22-35(41-33)29(14-6)38-25(10-2)26(11-3)39(43(38)16-8)30(15-7)36(24)42-37/h17-22,40,44H,9-16,23H2,1-8H3. The third kappa shape index (κ3) is 5.09. The number of rotatable bonds is 10. The predicted octanol–water partition coefficient (Wildman–Crippen LogP) is 9.22. The molecule has 5 rings (SSSR count). The van der Waals surface area contributed by atoms with Gasteiger partial charge < -0.3 is 14.7 Å². The van der Waals surface area contributed by atoms with E-state index in [9.17, 15) is 5.11 Å². The molecule has 2 aliphatic rings. The Morgan fingerprint density at radius 3 is 1.70 bits per heavy atom. The summed E-state index contributed by atoms with van der Waals surface area (Å²) in [7, 11) is 0. The van der Waals surface area contributed by atoms with Gasteiger partial charge in [-0.2, -0.15) is 0 Å². The Labute approximate surface area is 263 Å². The number of nitrogens with one attached hydrogen (secondary N) is 1. The maximum absolute atomic E-state index is 9.83. The minimum absolute atomic E-state index is 0.00235. The zero-order valence-corrected chi connectivity index (χ0v) is 28.1. The summed E-state index contributed by atoms with van der Waals surface area (Å²) in [5, 5.41) is 9.83. The van der Waals surface area contributed by atoms with Gasteiger partial charge in [0.1, 0.15) is 0 Å². The van der Waals surface area contributed by atoms with Crippen molar-refractivity contribution in [3.63, 3.8) is 0 Å². The van der Waals surface area contributed by atoms with Gasteiger partial charge in [-0.15, -0.1) is 0 Å². The molecule has 8 bridgehead atoms. The van der Waals surface area contributed by atoms with Crippen molar-refractivity contribution in [1.82, 2.24) is 19.5 Å². The molecule has 0 aromatic carbocycles. The third-order valence-electron chi connectivity index (χ3n) is 9.48. The van der Waals surface area contributed by atoms with Crippen molar-refractivity contribution in [2.75, 3.05) is 6.61 Å². The first-order valence-corrected chi connectivity index (χ1v) is 17.0. The Kier molecular flexibility index (Phi) is 9.75. The molecule has 5 heteroatoms. The molecule has 0 unspecified atom stereocenters. The van der Waals surface area contributed by atoms with E-state index in [4.69, 9.17) is 9.97 Å². The number of nitrogens with zero attached hydrogens (tertiary/aromatic N) is 3. The lowest BCUT2D eigenvalue weighted by Crippen LogP contribution is -2.02. The van der Waals surface area contributed by atoms with Crippen LogP contribution in [0.25, 0.3) is 45.4 Å². The van der Waals surface area contributed by atoms with E-state index in [1.165, 1.54) is 50.0 Å². The predicted molar refractivity (Wildman–Crippen MR) is 189 cm³/mol. The smallest absolute Gasteiger partial charge is 0.0765 e. The minimum atomic E-state index is 0.00235. The van der Waals surface area contributed by atoms with Crippen molar-refractivity contribution in [2.24, 2.45) is 0 Å². The van der Waals surface area contributed by atoms with Crippen LogP contribution in [0.5, 0.6) is 0 Å². The highest BCUT2D eigenvalue weighted by Crippen LogP contribution is 2.41. The van der Waals surface area contributed by atoms with Gasteiger partial charge in [0.25, 0.3) is 0 Å². The maximum atomic E-state index is 9.83. The summed E-state index contributed by atoms with van der Waals surface area (Å²) in [5.74, 6) is 0. The highest BCUT2D eigenvalue weighted by Gasteiger charge is 2.26. The van der Waals surface area contributed by atoms with E-state index >= 15 is 0 Å². The first-order chi connectivity index (χ1) is 21.5. The van der Waals surface area contributed by atoms with Gasteiger partial charge in [-0.3, -0.25) is 0 Å². The average Bonchev–Trinajstić information content (AvgIpc) is 3.83. The maximum Gasteiger partial charge on any atom is 0.0765 e. The highest BCUT2D eigenvalue weighted by atomic mass is 16.2. The molecular weight excluding hydrogens is 540 g/mol. The molecule has 0 saturated carbocycles. The van der Waals surface area contributed by atoms with Crippen LogP contribution in [-0.2, 0) is 45.1 Å². The lowest BCUT2D eigenvalue weighted by Gasteiger charge is -2.12. The third-order valence-corrected chi connectivity index (χ3v) is 9.48. The Morgan fingerprint density at radius 2 is 1.18 bits per heavy atom. The number of fused-ring (bicyclic) bond motifs is 8. The summed E-state index contributed by atoms with van der Waals surface area (Å²) >= 11 is 0. The van der Waals surface area contributed by atoms with E-state index in [1.54, 1.807) is 0 Å². The number of aliphatic hydroxyl groups is 1. The largest absolute Gasteiger partial charge is 0.392 e. The second-order valence-corrected chi connectivity index (χ2v) is 11.6. The summed E-state index contributed by atoms with van der Waals surface area (Å²) in [6.45, 7) is 19.0. The van der Waals surface area contributed by atoms with Gasteiger partial charge >= 0.3 is 0 Å². The van der Waals surface area contributed by atoms with Crippen LogP contribution in [0.3, 0.4) is 0 Å². The minimum Gasteiger partial charge on any atom is -0.392 e. The van der Waals surface area contributed by atoms with E-state index in [0.717, 1.165) is 90.9 Å². The molecule has 0 spiro atoms. The Morgan fingerprint density at radius 1 is 0.636 bits per heavy atom. The van der Waals surface area contributed by atoms with Gasteiger partial charge in [0.2, 0.25) is 0 Å². The van der Waals surface area contributed by atoms with Crippen molar-refractivity contribution in [3.8, 4) is 0 Å². The number of H-pyrrole nitrogens is 1. The summed E-state index contributed by atoms with van der Waals surface area (Å²) in [6.07, 6.45) is 14.7. The number of aromatic amines is 1. The summed E-state index contributed by atoms with van der Waals surface area (Å²) in [6, 6.07) is 4.41. The van der Waals surface area contributed by atoms with Gasteiger partial charge in [-0.05, 0) is 92.9 Å². The lowest BCUT2D eigenvalue weighted by molar-refractivity contribution is 0.343. The molecular formula is C39H50N4O. The van der Waals surface area contributed by atoms with Gasteiger partial charge in [-0.1, -0.05) is 60.6 Å². The molecule has 0 atom stereocenters. The van der Waals surface area contributed by atoms with Gasteiger partial charge in [0.15, 0.2) is 0 Å². The second-order valence-electron chi connectivity index (χ2n) is 11.6. The van der Waals surface area contributed by atoms with Crippen molar-refractivity contribution in [3.05, 3.63) is 80.4 Å². The van der Waals surface area contributed by atoms with Crippen LogP contribution in [0.2, 0.25) is 0 Å². The van der Waals surface area contributed by atoms with E-state index in [2.05, 4.69) is 95.3 Å². The molecule has 5 nitrogen and oxygen atoms in total. The zero-order valence-electron chi connectivity index (χ0n) is 28.1. The molecule has 0 amide bonds. The molecule has 2 aliphatic heterocycles. The van der Waals surface area contributed by atoms with E-state index in [0.29, 0.717) is 0 Å². The van der Waals surface area contributed by atoms with Gasteiger partial charge in [0, 0.05) is 45.4 Å². The molecule has 5 heterocycles. The number of aryl methyl sites for hydroxylation is 7. The fourth-order valence-corrected chi connectivity index (χ4v) is 7.55. The summed E-state index contributed by atoms with van der Waals surface area (Å²) in [5.41, 5.74) is 19.5. The number of hydrogen-bond acceptors (Lipinski definition) is 3. The van der Waals surface area contributed by atoms with Crippen molar-refractivity contribution in [2.45, 2.75) is 107 Å². The quantitative estimate of drug-likeness (QED) is 0.193. The Bertz CT molecular complexity index is 1830. The van der Waals surface area contributed by atoms with Crippen LogP contribution in [0.15, 0.2) is 24.3 Å². The zero-order chi connectivity index (χ0) is 31.5. The number of allylic oxidation sites excluding steroid dienone is 3. The van der Waals surface area contributed by atoms with Crippen molar-refractivity contribution < 1.29 is 5.11 Å². The fraction of sp³-hybridized carbons (Fsp3) is 0.436. The molecule has 44 heavy (non-hydrogen) atoms. The number of aromatic nitrogens is 4. The SMILES string of the molecule is CCC1=C(C=CCO)c2nc1c(CC)c1c(CC)c(CC)c(c(CC)c3nc(c(CC)c4ccc([nH]4)c2CC)C=C3)n1CC. The molecule has 3 aromatic heterocycles. The van der Waals surface area contributed by atoms with Crippen molar-refractivity contribution >= 4 is 45.4 Å². The van der Waals surface area contributed by atoms with E-state index in [-0.39, 0.29) is 6.61 Å². The Hall–Kier alpha value is -3.70. The summed E-state index contributed by atoms with van der Waals surface area (Å²) in [4.78, 5) is 14.7. The van der Waals surface area contributed by atoms with Crippen LogP contribution in [-0.4, -0.2) is 31.2 Å². The van der Waals surface area contributed by atoms with Crippen LogP contribution >= 0.6 is 0 Å². The number of aliphatic hydroxyl groups excluding tert-OH is 1. The molecule has 0 radical (unpaired) electrons. The molecule has 2 N–H and O–H groups in total. The first-order valence-electron chi connectivity index (χ1n) is 17.0. The fourth-order valence-electron chi connectivity index (χ4n) is 7.55. The van der Waals surface area contributed by atoms with Crippen LogP contribution in [0, 0.1) is 0 Å². The highest BCUT2D eigenvalue weighted by molar-refractivity contribution is 6.00. The molecule has 3 aromatic rings. The van der Waals surface area contributed by atoms with Gasteiger partial charge in [-0.25, -0.2) is 9.97 Å². The van der Waals surface area contributed by atoms with Crippen LogP contribution in [0.1, 0.15) is 118 Å². The first kappa shape index (κ1) is 31.7. The molecule has 232 valence electrons. The molecule has 0 fully saturated rings. The normalized spacial score (nSPS) is 13.2. The summed E-state index contributed by atoms with van der Waals surface area (Å²) < 4.78 is 2.58. The van der Waals surface area contributed by atoms with Crippen molar-refractivity contribution in [1.29, 1.82) is 0 Å². The van der Waals surface area contributed by atoms with Crippen LogP contribution < -0.4 is 0 Å².